The van der Waals surface area contributed by atoms with Crippen molar-refractivity contribution in [2.24, 2.45) is 11.3 Å². The van der Waals surface area contributed by atoms with Crippen LogP contribution in [0.3, 0.4) is 0 Å². The van der Waals surface area contributed by atoms with Gasteiger partial charge in [0.1, 0.15) is 16.2 Å². The Kier molecular flexibility index (Phi) is 6.26. The van der Waals surface area contributed by atoms with E-state index < -0.39 is 17.4 Å². The Morgan fingerprint density at radius 3 is 2.58 bits per heavy atom. The molecule has 0 radical (unpaired) electrons. The van der Waals surface area contributed by atoms with Gasteiger partial charge < -0.3 is 20.6 Å². The van der Waals surface area contributed by atoms with Crippen LogP contribution in [-0.2, 0) is 6.54 Å². The predicted octanol–water partition coefficient (Wildman–Crippen LogP) is 3.83. The molecule has 9 heteroatoms. The van der Waals surface area contributed by atoms with E-state index in [-0.39, 0.29) is 11.3 Å². The molecule has 4 unspecified atom stereocenters. The normalized spacial score (nSPS) is 27.3. The summed E-state index contributed by atoms with van der Waals surface area (Å²) in [4.78, 5) is 9.92. The van der Waals surface area contributed by atoms with Crippen LogP contribution in [0.5, 0.6) is 0 Å². The highest BCUT2D eigenvalue weighted by molar-refractivity contribution is 7.21. The molecule has 4 atom stereocenters. The quantitative estimate of drug-likeness (QED) is 0.230. The van der Waals surface area contributed by atoms with Crippen molar-refractivity contribution in [1.82, 2.24) is 9.97 Å². The van der Waals surface area contributed by atoms with Crippen molar-refractivity contribution in [3.8, 4) is 10.6 Å². The molecule has 0 spiro atoms. The summed E-state index contributed by atoms with van der Waals surface area (Å²) in [5.41, 5.74) is -0.489. The SMILES string of the molecule is CCCC[n+]1c(NCC(C)(C)C)nc(NC2(O)CCC3C(O)C32O)c(-c2nc3ccccc3s2)c1C. The average Bonchev–Trinajstić information content (AvgIpc) is 3.10. The largest absolute Gasteiger partial charge is 0.393 e. The van der Waals surface area contributed by atoms with Gasteiger partial charge >= 0.3 is 5.95 Å². The molecule has 0 saturated heterocycles. The molecule has 0 aliphatic heterocycles. The van der Waals surface area contributed by atoms with Crippen molar-refractivity contribution < 1.29 is 19.9 Å². The van der Waals surface area contributed by atoms with Crippen molar-refractivity contribution in [2.45, 2.75) is 84.3 Å². The maximum absolute atomic E-state index is 11.5. The summed E-state index contributed by atoms with van der Waals surface area (Å²) in [7, 11) is 0. The number of thiazole rings is 1. The number of nitrogens with zero attached hydrogens (tertiary/aromatic N) is 3. The molecule has 2 heterocycles. The van der Waals surface area contributed by atoms with Gasteiger partial charge in [0.25, 0.3) is 0 Å². The molecule has 0 bridgehead atoms. The lowest BCUT2D eigenvalue weighted by molar-refractivity contribution is -0.691. The summed E-state index contributed by atoms with van der Waals surface area (Å²) in [6, 6.07) is 8.02. The zero-order valence-electron chi connectivity index (χ0n) is 21.8. The molecule has 0 amide bonds. The Hall–Kier alpha value is -2.33. The van der Waals surface area contributed by atoms with Crippen LogP contribution >= 0.6 is 11.3 Å². The van der Waals surface area contributed by atoms with Gasteiger partial charge in [-0.2, -0.15) is 0 Å². The number of anilines is 2. The van der Waals surface area contributed by atoms with E-state index in [9.17, 15) is 15.3 Å². The number of aliphatic hydroxyl groups excluding tert-OH is 1. The first-order valence-electron chi connectivity index (χ1n) is 12.9. The fourth-order valence-electron chi connectivity index (χ4n) is 5.36. The second-order valence-corrected chi connectivity index (χ2v) is 12.6. The molecule has 36 heavy (non-hydrogen) atoms. The Morgan fingerprint density at radius 2 is 1.94 bits per heavy atom. The molecule has 8 nitrogen and oxygen atoms in total. The number of aromatic nitrogens is 3. The zero-order valence-corrected chi connectivity index (χ0v) is 22.6. The number of rotatable bonds is 8. The molecule has 2 aromatic heterocycles. The van der Waals surface area contributed by atoms with Crippen molar-refractivity contribution in [3.05, 3.63) is 30.0 Å². The van der Waals surface area contributed by atoms with Gasteiger partial charge in [-0.1, -0.05) is 51.2 Å². The number of hydrogen-bond acceptors (Lipinski definition) is 8. The average molecular weight is 513 g/mol. The molecule has 5 N–H and O–H groups in total. The molecule has 1 aromatic carbocycles. The van der Waals surface area contributed by atoms with Gasteiger partial charge in [0.05, 0.1) is 35.1 Å². The van der Waals surface area contributed by atoms with Crippen LogP contribution in [-0.4, -0.2) is 49.3 Å². The Morgan fingerprint density at radius 1 is 1.19 bits per heavy atom. The van der Waals surface area contributed by atoms with Gasteiger partial charge in [-0.05, 0) is 43.7 Å². The summed E-state index contributed by atoms with van der Waals surface area (Å²) >= 11 is 1.58. The summed E-state index contributed by atoms with van der Waals surface area (Å²) in [6.07, 6.45) is 2.00. The number of hydrogen-bond donors (Lipinski definition) is 5. The fraction of sp³-hybridized carbons (Fsp3) is 0.593. The molecular weight excluding hydrogens is 474 g/mol. The van der Waals surface area contributed by atoms with Gasteiger partial charge in [-0.25, -0.2) is 9.55 Å². The Bertz CT molecular complexity index is 1260. The third-order valence-electron chi connectivity index (χ3n) is 7.59. The van der Waals surface area contributed by atoms with Crippen LogP contribution in [0.15, 0.2) is 24.3 Å². The van der Waals surface area contributed by atoms with E-state index in [2.05, 4.69) is 55.9 Å². The fourth-order valence-corrected chi connectivity index (χ4v) is 6.42. The highest BCUT2D eigenvalue weighted by Gasteiger charge is 2.78. The van der Waals surface area contributed by atoms with E-state index in [1.807, 2.05) is 18.2 Å². The maximum atomic E-state index is 11.5. The topological polar surface area (TPSA) is 114 Å². The van der Waals surface area contributed by atoms with E-state index in [4.69, 9.17) is 9.97 Å². The van der Waals surface area contributed by atoms with Crippen LogP contribution in [0.2, 0.25) is 0 Å². The van der Waals surface area contributed by atoms with Crippen LogP contribution in [0.1, 0.15) is 59.1 Å². The summed E-state index contributed by atoms with van der Waals surface area (Å²) in [5.74, 6) is 0.856. The highest BCUT2D eigenvalue weighted by Crippen LogP contribution is 2.61. The Labute approximate surface area is 216 Å². The Balaban J connectivity index is 1.66. The standard InChI is InChI=1S/C27H37N5O3S/c1-6-7-14-32-16(2)20(23-29-18-10-8-9-11-19(18)36-23)22(30-24(32)28-15-25(3,4)5)31-26(34)13-12-17-21(33)27(17,26)35/h8-11,17,21,33-35H,6-7,12-15H2,1-5H3,(H,28,30,31)/p+1. The number of benzene rings is 1. The van der Waals surface area contributed by atoms with Crippen LogP contribution < -0.4 is 15.2 Å². The molecule has 3 aromatic rings. The van der Waals surface area contributed by atoms with Gasteiger partial charge in [-0.15, -0.1) is 11.3 Å². The maximum Gasteiger partial charge on any atom is 0.393 e. The number of unbranched alkanes of at least 4 members (excludes halogenated alkanes) is 1. The van der Waals surface area contributed by atoms with E-state index in [0.29, 0.717) is 24.6 Å². The zero-order chi connectivity index (χ0) is 25.9. The van der Waals surface area contributed by atoms with Crippen LogP contribution in [0.4, 0.5) is 11.8 Å². The molecular formula is C27H38N5O3S+. The number of para-hydroxylation sites is 1. The third-order valence-corrected chi connectivity index (χ3v) is 8.64. The first-order valence-corrected chi connectivity index (χ1v) is 13.8. The highest BCUT2D eigenvalue weighted by atomic mass is 32.1. The first kappa shape index (κ1) is 25.3. The lowest BCUT2D eigenvalue weighted by atomic mass is 9.97. The van der Waals surface area contributed by atoms with Crippen LogP contribution in [0.25, 0.3) is 20.8 Å². The number of nitrogens with one attached hydrogen (secondary N) is 2. The van der Waals surface area contributed by atoms with Crippen molar-refractivity contribution >= 4 is 33.3 Å². The summed E-state index contributed by atoms with van der Waals surface area (Å²) < 4.78 is 3.27. The van der Waals surface area contributed by atoms with E-state index in [1.165, 1.54) is 0 Å². The minimum absolute atomic E-state index is 0.0433. The van der Waals surface area contributed by atoms with Crippen molar-refractivity contribution in [2.75, 3.05) is 17.2 Å². The number of fused-ring (bicyclic) bond motifs is 2. The predicted molar refractivity (Wildman–Crippen MR) is 143 cm³/mol. The minimum atomic E-state index is -1.67. The second kappa shape index (κ2) is 8.90. The van der Waals surface area contributed by atoms with Gasteiger partial charge in [0.2, 0.25) is 5.82 Å². The van der Waals surface area contributed by atoms with Gasteiger partial charge in [0.15, 0.2) is 5.72 Å². The molecule has 2 aliphatic rings. The van der Waals surface area contributed by atoms with Crippen molar-refractivity contribution in [1.29, 1.82) is 0 Å². The second-order valence-electron chi connectivity index (χ2n) is 11.6. The molecule has 194 valence electrons. The minimum Gasteiger partial charge on any atom is -0.390 e. The van der Waals surface area contributed by atoms with Crippen molar-refractivity contribution in [3.63, 3.8) is 0 Å². The molecule has 2 saturated carbocycles. The third kappa shape index (κ3) is 4.16. The summed E-state index contributed by atoms with van der Waals surface area (Å²) in [6.45, 7) is 12.3. The van der Waals surface area contributed by atoms with E-state index in [1.54, 1.807) is 11.3 Å². The molecule has 5 rings (SSSR count). The van der Waals surface area contributed by atoms with Crippen LogP contribution in [0, 0.1) is 18.3 Å². The lowest BCUT2D eigenvalue weighted by Crippen LogP contribution is -2.52. The van der Waals surface area contributed by atoms with Gasteiger partial charge in [0, 0.05) is 5.92 Å². The van der Waals surface area contributed by atoms with E-state index in [0.717, 1.165) is 52.4 Å². The molecule has 2 aliphatic carbocycles. The first-order chi connectivity index (χ1) is 17.0. The summed E-state index contributed by atoms with van der Waals surface area (Å²) in [5, 5.41) is 40.5. The monoisotopic (exact) mass is 512 g/mol. The molecule has 2 fully saturated rings. The van der Waals surface area contributed by atoms with E-state index >= 15 is 0 Å². The number of aliphatic hydroxyl groups is 3. The smallest absolute Gasteiger partial charge is 0.390 e. The van der Waals surface area contributed by atoms with Gasteiger partial charge in [-0.3, -0.25) is 5.32 Å². The lowest BCUT2D eigenvalue weighted by Gasteiger charge is -2.32.